The molecule has 0 fully saturated rings. The lowest BCUT2D eigenvalue weighted by atomic mass is 10.1. The predicted molar refractivity (Wildman–Crippen MR) is 86.0 cm³/mol. The van der Waals surface area contributed by atoms with Crippen LogP contribution in [0.2, 0.25) is 0 Å². The summed E-state index contributed by atoms with van der Waals surface area (Å²) in [4.78, 5) is 12.0. The zero-order valence-electron chi connectivity index (χ0n) is 11.6. The van der Waals surface area contributed by atoms with Gasteiger partial charge in [-0.2, -0.15) is 0 Å². The molecule has 0 saturated carbocycles. The quantitative estimate of drug-likeness (QED) is 0.794. The van der Waals surface area contributed by atoms with Crippen LogP contribution in [0.4, 0.5) is 4.39 Å². The van der Waals surface area contributed by atoms with E-state index in [9.17, 15) is 9.18 Å². The van der Waals surface area contributed by atoms with Gasteiger partial charge < -0.3 is 5.32 Å². The first-order valence-corrected chi connectivity index (χ1v) is 7.93. The minimum absolute atomic E-state index is 0.0420. The molecule has 110 valence electrons. The molecule has 2 aromatic rings. The monoisotopic (exact) mass is 349 g/mol. The second kappa shape index (κ2) is 7.93. The number of benzene rings is 2. The molecule has 0 saturated heterocycles. The molecule has 0 bridgehead atoms. The van der Waals surface area contributed by atoms with Gasteiger partial charge in [0.25, 0.3) is 0 Å². The highest BCUT2D eigenvalue weighted by molar-refractivity contribution is 9.09. The van der Waals surface area contributed by atoms with Crippen molar-refractivity contribution in [1.29, 1.82) is 0 Å². The Morgan fingerprint density at radius 3 is 2.33 bits per heavy atom. The van der Waals surface area contributed by atoms with E-state index in [-0.39, 0.29) is 24.2 Å². The Hall–Kier alpha value is -1.68. The largest absolute Gasteiger partial charge is 0.352 e. The summed E-state index contributed by atoms with van der Waals surface area (Å²) in [5.41, 5.74) is 1.99. The molecule has 0 aliphatic rings. The number of alkyl halides is 1. The molecule has 1 unspecified atom stereocenters. The summed E-state index contributed by atoms with van der Waals surface area (Å²) in [6.07, 6.45) is 1.04. The highest BCUT2D eigenvalue weighted by atomic mass is 79.9. The van der Waals surface area contributed by atoms with Gasteiger partial charge in [0, 0.05) is 11.4 Å². The molecule has 2 aromatic carbocycles. The number of hydrogen-bond donors (Lipinski definition) is 1. The Labute approximate surface area is 132 Å². The molecule has 1 N–H and O–H groups in total. The van der Waals surface area contributed by atoms with E-state index in [0.29, 0.717) is 5.33 Å². The maximum Gasteiger partial charge on any atom is 0.224 e. The molecule has 0 aliphatic carbocycles. The summed E-state index contributed by atoms with van der Waals surface area (Å²) in [6.45, 7) is 0. The number of nitrogens with one attached hydrogen (secondary N) is 1. The van der Waals surface area contributed by atoms with Gasteiger partial charge in [0.15, 0.2) is 0 Å². The fraction of sp³-hybridized carbons (Fsp3) is 0.235. The standard InChI is InChI=1S/C17H17BrFNO/c18-12-16(10-13-4-2-1-3-5-13)20-17(21)11-14-6-8-15(19)9-7-14/h1-9,16H,10-12H2,(H,20,21). The van der Waals surface area contributed by atoms with Gasteiger partial charge in [0.2, 0.25) is 5.91 Å². The zero-order chi connectivity index (χ0) is 15.1. The van der Waals surface area contributed by atoms with E-state index < -0.39 is 0 Å². The fourth-order valence-electron chi connectivity index (χ4n) is 2.11. The van der Waals surface area contributed by atoms with Gasteiger partial charge in [0.05, 0.1) is 6.42 Å². The number of hydrogen-bond acceptors (Lipinski definition) is 1. The molecule has 0 spiro atoms. The van der Waals surface area contributed by atoms with Crippen LogP contribution in [-0.4, -0.2) is 17.3 Å². The van der Waals surface area contributed by atoms with Crippen molar-refractivity contribution in [2.24, 2.45) is 0 Å². The third-order valence-electron chi connectivity index (χ3n) is 3.15. The first-order valence-electron chi connectivity index (χ1n) is 6.81. The summed E-state index contributed by atoms with van der Waals surface area (Å²) in [6, 6.07) is 16.1. The maximum atomic E-state index is 12.8. The average Bonchev–Trinajstić information content (AvgIpc) is 2.50. The van der Waals surface area contributed by atoms with Crippen LogP contribution in [0.1, 0.15) is 11.1 Å². The van der Waals surface area contributed by atoms with Crippen LogP contribution in [0.15, 0.2) is 54.6 Å². The molecule has 0 aromatic heterocycles. The maximum absolute atomic E-state index is 12.8. The van der Waals surface area contributed by atoms with Gasteiger partial charge in [0.1, 0.15) is 5.82 Å². The molecular weight excluding hydrogens is 333 g/mol. The fourth-order valence-corrected chi connectivity index (χ4v) is 2.50. The van der Waals surface area contributed by atoms with Crippen LogP contribution >= 0.6 is 15.9 Å². The lowest BCUT2D eigenvalue weighted by molar-refractivity contribution is -0.121. The number of carbonyl (C=O) groups excluding carboxylic acids is 1. The van der Waals surface area contributed by atoms with Gasteiger partial charge in [-0.3, -0.25) is 4.79 Å². The number of carbonyl (C=O) groups is 1. The lowest BCUT2D eigenvalue weighted by Crippen LogP contribution is -2.38. The minimum atomic E-state index is -0.290. The Kier molecular flexibility index (Phi) is 5.93. The second-order valence-corrected chi connectivity index (χ2v) is 5.56. The zero-order valence-corrected chi connectivity index (χ0v) is 13.1. The molecule has 0 radical (unpaired) electrons. The Bertz CT molecular complexity index is 571. The lowest BCUT2D eigenvalue weighted by Gasteiger charge is -2.16. The van der Waals surface area contributed by atoms with Gasteiger partial charge in [-0.05, 0) is 29.7 Å². The third-order valence-corrected chi connectivity index (χ3v) is 3.94. The molecule has 1 amide bonds. The minimum Gasteiger partial charge on any atom is -0.352 e. The van der Waals surface area contributed by atoms with Crippen LogP contribution < -0.4 is 5.32 Å². The van der Waals surface area contributed by atoms with Crippen molar-refractivity contribution in [1.82, 2.24) is 5.32 Å². The van der Waals surface area contributed by atoms with Crippen LogP contribution in [0.5, 0.6) is 0 Å². The van der Waals surface area contributed by atoms with E-state index in [1.54, 1.807) is 12.1 Å². The predicted octanol–water partition coefficient (Wildman–Crippen LogP) is 3.49. The molecule has 4 heteroatoms. The molecule has 2 nitrogen and oxygen atoms in total. The topological polar surface area (TPSA) is 29.1 Å². The highest BCUT2D eigenvalue weighted by Gasteiger charge is 2.12. The molecular formula is C17H17BrFNO. The van der Waals surface area contributed by atoms with E-state index in [0.717, 1.165) is 12.0 Å². The molecule has 0 aliphatic heterocycles. The summed E-state index contributed by atoms with van der Waals surface area (Å²) in [5, 5.41) is 3.69. The third kappa shape index (κ3) is 5.31. The Balaban J connectivity index is 1.89. The summed E-state index contributed by atoms with van der Waals surface area (Å²) in [5.74, 6) is -0.344. The molecule has 21 heavy (non-hydrogen) atoms. The van der Waals surface area contributed by atoms with Crippen LogP contribution in [0.3, 0.4) is 0 Å². The van der Waals surface area contributed by atoms with Crippen LogP contribution in [-0.2, 0) is 17.6 Å². The van der Waals surface area contributed by atoms with E-state index in [1.165, 1.54) is 17.7 Å². The van der Waals surface area contributed by atoms with Crippen LogP contribution in [0.25, 0.3) is 0 Å². The van der Waals surface area contributed by atoms with Crippen LogP contribution in [0, 0.1) is 5.82 Å². The normalized spacial score (nSPS) is 11.9. The molecule has 1 atom stereocenters. The number of amides is 1. The second-order valence-electron chi connectivity index (χ2n) is 4.91. The van der Waals surface area contributed by atoms with Crippen molar-refractivity contribution < 1.29 is 9.18 Å². The van der Waals surface area contributed by atoms with Gasteiger partial charge in [-0.25, -0.2) is 4.39 Å². The highest BCUT2D eigenvalue weighted by Crippen LogP contribution is 2.07. The van der Waals surface area contributed by atoms with Crippen molar-refractivity contribution >= 4 is 21.8 Å². The van der Waals surface area contributed by atoms with Gasteiger partial charge in [-0.15, -0.1) is 0 Å². The number of halogens is 2. The van der Waals surface area contributed by atoms with E-state index in [4.69, 9.17) is 0 Å². The average molecular weight is 350 g/mol. The van der Waals surface area contributed by atoms with Gasteiger partial charge in [-0.1, -0.05) is 58.4 Å². The first kappa shape index (κ1) is 15.7. The van der Waals surface area contributed by atoms with Crippen molar-refractivity contribution in [2.75, 3.05) is 5.33 Å². The van der Waals surface area contributed by atoms with Crippen molar-refractivity contribution in [3.05, 3.63) is 71.5 Å². The summed E-state index contributed by atoms with van der Waals surface area (Å²) < 4.78 is 12.8. The van der Waals surface area contributed by atoms with E-state index in [1.807, 2.05) is 30.3 Å². The van der Waals surface area contributed by atoms with Crippen molar-refractivity contribution in [2.45, 2.75) is 18.9 Å². The smallest absolute Gasteiger partial charge is 0.224 e. The molecule has 0 heterocycles. The first-order chi connectivity index (χ1) is 10.2. The van der Waals surface area contributed by atoms with Gasteiger partial charge >= 0.3 is 0 Å². The van der Waals surface area contributed by atoms with Crippen molar-refractivity contribution in [3.8, 4) is 0 Å². The number of rotatable bonds is 6. The van der Waals surface area contributed by atoms with E-state index in [2.05, 4.69) is 21.2 Å². The summed E-state index contributed by atoms with van der Waals surface area (Å²) in [7, 11) is 0. The summed E-state index contributed by atoms with van der Waals surface area (Å²) >= 11 is 3.43. The SMILES string of the molecule is O=C(Cc1ccc(F)cc1)NC(CBr)Cc1ccccc1. The van der Waals surface area contributed by atoms with E-state index >= 15 is 0 Å². The Morgan fingerprint density at radius 2 is 1.71 bits per heavy atom. The molecule has 2 rings (SSSR count). The van der Waals surface area contributed by atoms with Crippen molar-refractivity contribution in [3.63, 3.8) is 0 Å². The Morgan fingerprint density at radius 1 is 1.05 bits per heavy atom.